The van der Waals surface area contributed by atoms with Gasteiger partial charge in [-0.2, -0.15) is 0 Å². The number of carbonyl (C=O) groups excluding carboxylic acids is 1. The minimum Gasteiger partial charge on any atom is -0.312 e. The van der Waals surface area contributed by atoms with Crippen molar-refractivity contribution in [3.8, 4) is 0 Å². The molecule has 0 N–H and O–H groups in total. The Balaban J connectivity index is 2.15. The van der Waals surface area contributed by atoms with E-state index in [1.54, 1.807) is 0 Å². The van der Waals surface area contributed by atoms with Crippen LogP contribution in [0.1, 0.15) is 23.6 Å². The molecule has 1 amide bonds. The summed E-state index contributed by atoms with van der Waals surface area (Å²) < 4.78 is 0. The fraction of sp³-hybridized carbons (Fsp3) is 0.278. The van der Waals surface area contributed by atoms with Crippen LogP contribution in [0.5, 0.6) is 0 Å². The molecule has 2 nitrogen and oxygen atoms in total. The summed E-state index contributed by atoms with van der Waals surface area (Å²) in [6.07, 6.45) is 0.446. The smallest absolute Gasteiger partial charge is 0.231 e. The molecule has 0 atom stereocenters. The third-order valence-electron chi connectivity index (χ3n) is 3.41. The molecule has 0 aromatic heterocycles. The Labute approximate surface area is 121 Å². The van der Waals surface area contributed by atoms with E-state index in [4.69, 9.17) is 0 Å². The van der Waals surface area contributed by atoms with E-state index in [0.717, 1.165) is 11.3 Å². The van der Waals surface area contributed by atoms with Crippen molar-refractivity contribution in [3.05, 3.63) is 65.2 Å². The highest BCUT2D eigenvalue weighted by Crippen LogP contribution is 2.17. The molecule has 20 heavy (non-hydrogen) atoms. The summed E-state index contributed by atoms with van der Waals surface area (Å²) in [4.78, 5) is 14.3. The van der Waals surface area contributed by atoms with Crippen LogP contribution in [0.4, 0.5) is 5.69 Å². The summed E-state index contributed by atoms with van der Waals surface area (Å²) in [6, 6.07) is 16.2. The molecule has 2 aromatic carbocycles. The van der Waals surface area contributed by atoms with Crippen molar-refractivity contribution in [2.45, 2.75) is 27.2 Å². The van der Waals surface area contributed by atoms with Gasteiger partial charge in [-0.3, -0.25) is 4.79 Å². The van der Waals surface area contributed by atoms with Crippen LogP contribution in [0, 0.1) is 13.8 Å². The quantitative estimate of drug-likeness (QED) is 0.822. The van der Waals surface area contributed by atoms with Crippen molar-refractivity contribution in [2.24, 2.45) is 0 Å². The second-order valence-corrected chi connectivity index (χ2v) is 5.14. The van der Waals surface area contributed by atoms with Gasteiger partial charge in [-0.25, -0.2) is 0 Å². The molecule has 0 saturated heterocycles. The summed E-state index contributed by atoms with van der Waals surface area (Å²) in [5, 5.41) is 0. The summed E-state index contributed by atoms with van der Waals surface area (Å²) in [7, 11) is 0. The van der Waals surface area contributed by atoms with Gasteiger partial charge in [0.05, 0.1) is 6.42 Å². The van der Waals surface area contributed by atoms with Crippen LogP contribution in [0.2, 0.25) is 0 Å². The Kier molecular flexibility index (Phi) is 4.57. The summed E-state index contributed by atoms with van der Waals surface area (Å²) >= 11 is 0. The third kappa shape index (κ3) is 3.47. The van der Waals surface area contributed by atoms with Crippen molar-refractivity contribution in [1.82, 2.24) is 0 Å². The van der Waals surface area contributed by atoms with Gasteiger partial charge >= 0.3 is 0 Å². The second-order valence-electron chi connectivity index (χ2n) is 5.14. The van der Waals surface area contributed by atoms with Crippen LogP contribution in [-0.2, 0) is 11.2 Å². The van der Waals surface area contributed by atoms with E-state index >= 15 is 0 Å². The van der Waals surface area contributed by atoms with Gasteiger partial charge in [0.25, 0.3) is 0 Å². The lowest BCUT2D eigenvalue weighted by atomic mass is 10.1. The zero-order valence-corrected chi connectivity index (χ0v) is 12.4. The lowest BCUT2D eigenvalue weighted by Crippen LogP contribution is -2.32. The number of rotatable bonds is 4. The van der Waals surface area contributed by atoms with Gasteiger partial charge in [0.15, 0.2) is 0 Å². The first-order chi connectivity index (χ1) is 9.60. The number of benzene rings is 2. The number of amides is 1. The normalized spacial score (nSPS) is 10.3. The average Bonchev–Trinajstić information content (AvgIpc) is 2.42. The predicted molar refractivity (Wildman–Crippen MR) is 84.1 cm³/mol. The van der Waals surface area contributed by atoms with Gasteiger partial charge in [0.2, 0.25) is 5.91 Å². The van der Waals surface area contributed by atoms with Crippen LogP contribution >= 0.6 is 0 Å². The van der Waals surface area contributed by atoms with E-state index in [0.29, 0.717) is 13.0 Å². The van der Waals surface area contributed by atoms with E-state index in [2.05, 4.69) is 13.0 Å². The summed E-state index contributed by atoms with van der Waals surface area (Å²) in [5.41, 5.74) is 4.42. The van der Waals surface area contributed by atoms with E-state index in [1.807, 2.05) is 61.2 Å². The molecule has 2 rings (SSSR count). The number of anilines is 1. The van der Waals surface area contributed by atoms with Gasteiger partial charge in [-0.15, -0.1) is 0 Å². The van der Waals surface area contributed by atoms with Crippen LogP contribution in [0.3, 0.4) is 0 Å². The molecular weight excluding hydrogens is 246 g/mol. The topological polar surface area (TPSA) is 20.3 Å². The summed E-state index contributed by atoms with van der Waals surface area (Å²) in [6.45, 7) is 6.79. The van der Waals surface area contributed by atoms with Gasteiger partial charge in [0.1, 0.15) is 0 Å². The van der Waals surface area contributed by atoms with E-state index < -0.39 is 0 Å². The second kappa shape index (κ2) is 6.38. The van der Waals surface area contributed by atoms with Crippen LogP contribution in [0.25, 0.3) is 0 Å². The first-order valence-corrected chi connectivity index (χ1v) is 7.02. The SMILES string of the molecule is CCN(C(=O)Cc1ccc(C)cc1)c1cccc(C)c1. The maximum atomic E-state index is 12.5. The molecule has 0 saturated carbocycles. The minimum atomic E-state index is 0.141. The number of hydrogen-bond donors (Lipinski definition) is 0. The van der Waals surface area contributed by atoms with E-state index in [1.165, 1.54) is 11.1 Å². The molecule has 104 valence electrons. The number of aryl methyl sites for hydroxylation is 2. The lowest BCUT2D eigenvalue weighted by Gasteiger charge is -2.21. The molecule has 0 fully saturated rings. The number of carbonyl (C=O) groups is 1. The van der Waals surface area contributed by atoms with E-state index in [9.17, 15) is 4.79 Å². The van der Waals surface area contributed by atoms with Gasteiger partial charge in [-0.05, 0) is 44.0 Å². The van der Waals surface area contributed by atoms with Crippen LogP contribution < -0.4 is 4.90 Å². The molecule has 0 spiro atoms. The molecular formula is C18H21NO. The van der Waals surface area contributed by atoms with Crippen molar-refractivity contribution in [1.29, 1.82) is 0 Å². The highest BCUT2D eigenvalue weighted by atomic mass is 16.2. The zero-order chi connectivity index (χ0) is 14.5. The van der Waals surface area contributed by atoms with Gasteiger partial charge in [-0.1, -0.05) is 42.0 Å². The highest BCUT2D eigenvalue weighted by Gasteiger charge is 2.14. The van der Waals surface area contributed by atoms with Crippen molar-refractivity contribution >= 4 is 11.6 Å². The first-order valence-electron chi connectivity index (χ1n) is 7.02. The molecule has 0 radical (unpaired) electrons. The Bertz CT molecular complexity index is 587. The minimum absolute atomic E-state index is 0.141. The molecule has 0 aliphatic heterocycles. The monoisotopic (exact) mass is 267 g/mol. The standard InChI is InChI=1S/C18H21NO/c1-4-19(17-7-5-6-15(3)12-17)18(20)13-16-10-8-14(2)9-11-16/h5-12H,4,13H2,1-3H3. The maximum Gasteiger partial charge on any atom is 0.231 e. The Hall–Kier alpha value is -2.09. The Morgan fingerprint density at radius 2 is 1.70 bits per heavy atom. The molecule has 0 bridgehead atoms. The number of likely N-dealkylation sites (N-methyl/N-ethyl adjacent to an activating group) is 1. The van der Waals surface area contributed by atoms with Crippen molar-refractivity contribution in [2.75, 3.05) is 11.4 Å². The molecule has 0 unspecified atom stereocenters. The number of nitrogens with zero attached hydrogens (tertiary/aromatic N) is 1. The third-order valence-corrected chi connectivity index (χ3v) is 3.41. The Morgan fingerprint density at radius 3 is 2.30 bits per heavy atom. The molecule has 0 aliphatic carbocycles. The Morgan fingerprint density at radius 1 is 1.00 bits per heavy atom. The molecule has 0 aliphatic rings. The van der Waals surface area contributed by atoms with Gasteiger partial charge < -0.3 is 4.90 Å². The van der Waals surface area contributed by atoms with Crippen molar-refractivity contribution in [3.63, 3.8) is 0 Å². The maximum absolute atomic E-state index is 12.5. The zero-order valence-electron chi connectivity index (χ0n) is 12.4. The average molecular weight is 267 g/mol. The highest BCUT2D eigenvalue weighted by molar-refractivity contribution is 5.94. The molecule has 0 heterocycles. The summed E-state index contributed by atoms with van der Waals surface area (Å²) in [5.74, 6) is 0.141. The van der Waals surface area contributed by atoms with E-state index in [-0.39, 0.29) is 5.91 Å². The fourth-order valence-corrected chi connectivity index (χ4v) is 2.27. The number of hydrogen-bond acceptors (Lipinski definition) is 1. The largest absolute Gasteiger partial charge is 0.312 e. The fourth-order valence-electron chi connectivity index (χ4n) is 2.27. The van der Waals surface area contributed by atoms with Crippen LogP contribution in [-0.4, -0.2) is 12.5 Å². The lowest BCUT2D eigenvalue weighted by molar-refractivity contribution is -0.117. The van der Waals surface area contributed by atoms with Crippen molar-refractivity contribution < 1.29 is 4.79 Å². The van der Waals surface area contributed by atoms with Crippen LogP contribution in [0.15, 0.2) is 48.5 Å². The van der Waals surface area contributed by atoms with Gasteiger partial charge in [0, 0.05) is 12.2 Å². The first kappa shape index (κ1) is 14.3. The molecule has 2 heteroatoms. The molecule has 2 aromatic rings. The predicted octanol–water partition coefficient (Wildman–Crippen LogP) is 3.90.